The minimum atomic E-state index is -1.24. The molecule has 3 aromatic rings. The largest absolute Gasteiger partial charge is 0.480 e. The van der Waals surface area contributed by atoms with Gasteiger partial charge in [0.1, 0.15) is 18.6 Å². The van der Waals surface area contributed by atoms with Gasteiger partial charge in [-0.15, -0.1) is 5.10 Å². The smallest absolute Gasteiger partial charge is 0.322 e. The summed E-state index contributed by atoms with van der Waals surface area (Å²) in [6, 6.07) is 15.3. The molecule has 1 heterocycles. The zero-order valence-electron chi connectivity index (χ0n) is 26.2. The van der Waals surface area contributed by atoms with Gasteiger partial charge in [-0.05, 0) is 24.0 Å². The summed E-state index contributed by atoms with van der Waals surface area (Å²) in [5.74, 6) is -3.96. The number of amides is 4. The summed E-state index contributed by atoms with van der Waals surface area (Å²) in [5.41, 5.74) is 18.2. The van der Waals surface area contributed by atoms with Crippen LogP contribution in [0.25, 0.3) is 0 Å². The van der Waals surface area contributed by atoms with E-state index in [2.05, 4.69) is 36.6 Å². The molecule has 17 heteroatoms. The molecular formula is C31H41N11O6. The van der Waals surface area contributed by atoms with Crippen molar-refractivity contribution in [2.75, 3.05) is 19.6 Å². The van der Waals surface area contributed by atoms with Crippen LogP contribution in [0.5, 0.6) is 0 Å². The molecule has 0 aliphatic rings. The molecule has 1 unspecified atom stereocenters. The van der Waals surface area contributed by atoms with Gasteiger partial charge in [-0.25, -0.2) is 0 Å². The first-order valence-electron chi connectivity index (χ1n) is 15.2. The second-order valence-electron chi connectivity index (χ2n) is 10.9. The number of hydrogen-bond acceptors (Lipinski definition) is 9. The lowest BCUT2D eigenvalue weighted by Gasteiger charge is -2.20. The molecule has 11 N–H and O–H groups in total. The van der Waals surface area contributed by atoms with E-state index in [-0.39, 0.29) is 37.1 Å². The normalized spacial score (nSPS) is 12.5. The number of benzene rings is 2. The van der Waals surface area contributed by atoms with Crippen molar-refractivity contribution >= 4 is 35.6 Å². The molecule has 0 aliphatic carbocycles. The van der Waals surface area contributed by atoms with Crippen molar-refractivity contribution in [3.05, 3.63) is 83.7 Å². The molecule has 17 nitrogen and oxygen atoms in total. The fourth-order valence-corrected chi connectivity index (χ4v) is 4.56. The van der Waals surface area contributed by atoms with Gasteiger partial charge in [0.2, 0.25) is 17.7 Å². The van der Waals surface area contributed by atoms with Gasteiger partial charge in [0.15, 0.2) is 11.7 Å². The Hall–Kier alpha value is -5.84. The number of guanidine groups is 1. The molecule has 48 heavy (non-hydrogen) atoms. The van der Waals surface area contributed by atoms with Gasteiger partial charge >= 0.3 is 5.97 Å². The highest BCUT2D eigenvalue weighted by molar-refractivity contribution is 5.97. The lowest BCUT2D eigenvalue weighted by Crippen LogP contribution is -2.53. The Kier molecular flexibility index (Phi) is 14.5. The highest BCUT2D eigenvalue weighted by Gasteiger charge is 2.26. The van der Waals surface area contributed by atoms with Gasteiger partial charge in [-0.1, -0.05) is 65.9 Å². The van der Waals surface area contributed by atoms with E-state index in [1.54, 1.807) is 54.6 Å². The van der Waals surface area contributed by atoms with Crippen molar-refractivity contribution in [2.45, 2.75) is 50.4 Å². The molecule has 0 saturated carbocycles. The molecule has 4 amide bonds. The Balaban J connectivity index is 1.62. The molecule has 0 saturated heterocycles. The van der Waals surface area contributed by atoms with Gasteiger partial charge < -0.3 is 43.6 Å². The van der Waals surface area contributed by atoms with Crippen molar-refractivity contribution in [1.82, 2.24) is 36.3 Å². The molecule has 0 fully saturated rings. The van der Waals surface area contributed by atoms with Gasteiger partial charge in [0.05, 0.1) is 19.3 Å². The number of rotatable bonds is 19. The second kappa shape index (κ2) is 19.0. The maximum absolute atomic E-state index is 13.3. The first-order chi connectivity index (χ1) is 23.0. The van der Waals surface area contributed by atoms with E-state index in [1.165, 1.54) is 10.9 Å². The molecule has 256 valence electrons. The van der Waals surface area contributed by atoms with Crippen LogP contribution in [-0.2, 0) is 38.6 Å². The highest BCUT2D eigenvalue weighted by atomic mass is 16.4. The number of carboxylic acid groups (broad SMARTS) is 1. The molecule has 0 aliphatic heterocycles. The Morgan fingerprint density at radius 3 is 1.96 bits per heavy atom. The number of aliphatic carboxylic acids is 1. The Labute approximate surface area is 276 Å². The third kappa shape index (κ3) is 13.3. The van der Waals surface area contributed by atoms with Crippen molar-refractivity contribution < 1.29 is 29.1 Å². The fraction of sp³-hybridized carbons (Fsp3) is 0.355. The quantitative estimate of drug-likeness (QED) is 0.0396. The first-order valence-corrected chi connectivity index (χ1v) is 15.2. The van der Waals surface area contributed by atoms with Crippen LogP contribution in [0.2, 0.25) is 0 Å². The third-order valence-electron chi connectivity index (χ3n) is 6.90. The molecule has 0 bridgehead atoms. The minimum absolute atomic E-state index is 0.00416. The standard InChI is InChI=1S/C31H41N11O6/c32-22(12-7-13-35-31(33)34)18-42-19-25(40-41-42)30(48)39-24(15-21-10-5-2-6-11-21)29(47)36-16-26(43)38-23(28(46)37-17-27(44)45)14-20-8-3-1-4-9-20/h1-6,8-11,19,22-24H,7,12-18,32H2,(H,36,47)(H,37,46)(H,38,43)(H,39,48)(H,44,45)(H4,33,34,35)/t22?,23-,24-/m0/s1. The zero-order valence-corrected chi connectivity index (χ0v) is 26.2. The number of nitrogens with zero attached hydrogens (tertiary/aromatic N) is 4. The van der Waals surface area contributed by atoms with E-state index in [0.717, 1.165) is 11.1 Å². The molecule has 0 spiro atoms. The summed E-state index contributed by atoms with van der Waals surface area (Å²) in [6.07, 6.45) is 2.86. The Morgan fingerprint density at radius 2 is 1.40 bits per heavy atom. The average Bonchev–Trinajstić information content (AvgIpc) is 3.53. The summed E-state index contributed by atoms with van der Waals surface area (Å²) < 4.78 is 1.43. The number of aromatic nitrogens is 3. The number of aliphatic imine (C=N–C) groups is 1. The van der Waals surface area contributed by atoms with Crippen molar-refractivity contribution in [1.29, 1.82) is 0 Å². The van der Waals surface area contributed by atoms with Crippen LogP contribution < -0.4 is 38.5 Å². The molecule has 2 aromatic carbocycles. The Morgan fingerprint density at radius 1 is 0.833 bits per heavy atom. The number of nitrogens with one attached hydrogen (secondary N) is 4. The summed E-state index contributed by atoms with van der Waals surface area (Å²) >= 11 is 0. The number of carboxylic acids is 1. The van der Waals surface area contributed by atoms with Crippen molar-refractivity contribution in [3.8, 4) is 0 Å². The summed E-state index contributed by atoms with van der Waals surface area (Å²) in [5, 5.41) is 26.8. The maximum Gasteiger partial charge on any atom is 0.322 e. The minimum Gasteiger partial charge on any atom is -0.480 e. The van der Waals surface area contributed by atoms with Gasteiger partial charge in [-0.2, -0.15) is 0 Å². The summed E-state index contributed by atoms with van der Waals surface area (Å²) in [7, 11) is 0. The van der Waals surface area contributed by atoms with Crippen LogP contribution in [0, 0.1) is 0 Å². The first kappa shape index (κ1) is 36.6. The van der Waals surface area contributed by atoms with E-state index in [0.29, 0.717) is 19.4 Å². The fourth-order valence-electron chi connectivity index (χ4n) is 4.56. The van der Waals surface area contributed by atoms with Crippen LogP contribution in [0.4, 0.5) is 0 Å². The van der Waals surface area contributed by atoms with Crippen LogP contribution in [0.1, 0.15) is 34.5 Å². The number of hydrogen-bond donors (Lipinski definition) is 8. The lowest BCUT2D eigenvalue weighted by atomic mass is 10.0. The second-order valence-corrected chi connectivity index (χ2v) is 10.9. The van der Waals surface area contributed by atoms with Crippen LogP contribution in [0.15, 0.2) is 71.9 Å². The van der Waals surface area contributed by atoms with Crippen LogP contribution in [0.3, 0.4) is 0 Å². The predicted octanol–water partition coefficient (Wildman–Crippen LogP) is -1.96. The van der Waals surface area contributed by atoms with E-state index in [4.69, 9.17) is 22.3 Å². The van der Waals surface area contributed by atoms with Gasteiger partial charge in [-0.3, -0.25) is 33.6 Å². The molecule has 3 atom stereocenters. The number of nitrogens with two attached hydrogens (primary N) is 3. The predicted molar refractivity (Wildman–Crippen MR) is 175 cm³/mol. The number of carbonyl (C=O) groups is 5. The third-order valence-corrected chi connectivity index (χ3v) is 6.90. The monoisotopic (exact) mass is 663 g/mol. The lowest BCUT2D eigenvalue weighted by molar-refractivity contribution is -0.138. The van der Waals surface area contributed by atoms with E-state index in [1.807, 2.05) is 6.07 Å². The van der Waals surface area contributed by atoms with Crippen LogP contribution in [-0.4, -0.2) is 93.4 Å². The van der Waals surface area contributed by atoms with E-state index < -0.39 is 54.8 Å². The number of carbonyl (C=O) groups excluding carboxylic acids is 4. The van der Waals surface area contributed by atoms with Crippen LogP contribution >= 0.6 is 0 Å². The topological polar surface area (TPSA) is 275 Å². The van der Waals surface area contributed by atoms with E-state index >= 15 is 0 Å². The summed E-state index contributed by atoms with van der Waals surface area (Å²) in [6.45, 7) is -0.428. The average molecular weight is 664 g/mol. The molecular weight excluding hydrogens is 622 g/mol. The van der Waals surface area contributed by atoms with Gasteiger partial charge in [0, 0.05) is 25.4 Å². The zero-order chi connectivity index (χ0) is 34.9. The van der Waals surface area contributed by atoms with Crippen molar-refractivity contribution in [3.63, 3.8) is 0 Å². The van der Waals surface area contributed by atoms with Crippen molar-refractivity contribution in [2.24, 2.45) is 22.2 Å². The molecule has 0 radical (unpaired) electrons. The van der Waals surface area contributed by atoms with Gasteiger partial charge in [0.25, 0.3) is 5.91 Å². The SMILES string of the molecule is NC(N)=NCCCC(N)Cn1cc(C(=O)N[C@@H](Cc2ccccc2)C(=O)NCC(=O)N[C@@H](Cc2ccccc2)C(=O)NCC(=O)O)nn1. The highest BCUT2D eigenvalue weighted by Crippen LogP contribution is 2.07. The van der Waals surface area contributed by atoms with E-state index in [9.17, 15) is 24.0 Å². The molecule has 3 rings (SSSR count). The maximum atomic E-state index is 13.3. The molecule has 1 aromatic heterocycles. The summed E-state index contributed by atoms with van der Waals surface area (Å²) in [4.78, 5) is 66.8. The Bertz CT molecular complexity index is 1540.